The van der Waals surface area contributed by atoms with Crippen LogP contribution in [0.3, 0.4) is 0 Å². The van der Waals surface area contributed by atoms with Gasteiger partial charge in [-0.1, -0.05) is 147 Å². The minimum atomic E-state index is -0.245. The second kappa shape index (κ2) is 10.8. The third kappa shape index (κ3) is 4.13. The number of aromatic nitrogens is 5. The molecule has 0 amide bonds. The van der Waals surface area contributed by atoms with Crippen LogP contribution in [-0.4, -0.2) is 24.5 Å². The maximum atomic E-state index is 5.47. The zero-order valence-corrected chi connectivity index (χ0v) is 27.7. The van der Waals surface area contributed by atoms with Crippen LogP contribution in [0.1, 0.15) is 25.0 Å². The van der Waals surface area contributed by atoms with E-state index < -0.39 is 0 Å². The zero-order valence-electron chi connectivity index (χ0n) is 27.7. The first-order valence-electron chi connectivity index (χ1n) is 17.0. The van der Waals surface area contributed by atoms with Gasteiger partial charge in [0.2, 0.25) is 0 Å². The van der Waals surface area contributed by atoms with Gasteiger partial charge in [-0.15, -0.1) is 0 Å². The highest BCUT2D eigenvalue weighted by Crippen LogP contribution is 2.53. The summed E-state index contributed by atoms with van der Waals surface area (Å²) in [5, 5.41) is 3.43. The van der Waals surface area contributed by atoms with Crippen molar-refractivity contribution >= 4 is 32.7 Å². The molecule has 3 aromatic heterocycles. The van der Waals surface area contributed by atoms with E-state index in [4.69, 9.17) is 19.9 Å². The molecule has 0 atom stereocenters. The van der Waals surface area contributed by atoms with Crippen LogP contribution in [0.15, 0.2) is 152 Å². The summed E-state index contributed by atoms with van der Waals surface area (Å²) >= 11 is 0. The Balaban J connectivity index is 1.32. The molecule has 0 spiro atoms. The van der Waals surface area contributed by atoms with Crippen molar-refractivity contribution in [1.29, 1.82) is 0 Å². The number of hydrogen-bond donors (Lipinski definition) is 0. The summed E-state index contributed by atoms with van der Waals surface area (Å²) in [7, 11) is 0. The molecule has 0 aliphatic heterocycles. The van der Waals surface area contributed by atoms with E-state index in [2.05, 4.69) is 134 Å². The summed E-state index contributed by atoms with van der Waals surface area (Å²) in [5.41, 5.74) is 12.5. The fourth-order valence-electron chi connectivity index (χ4n) is 8.03. The van der Waals surface area contributed by atoms with E-state index in [-0.39, 0.29) is 5.41 Å². The minimum absolute atomic E-state index is 0.245. The van der Waals surface area contributed by atoms with Crippen molar-refractivity contribution in [1.82, 2.24) is 24.5 Å². The molecule has 0 fully saturated rings. The number of nitrogens with zero attached hydrogens (tertiary/aromatic N) is 5. The Kier molecular flexibility index (Phi) is 6.15. The fraction of sp³-hybridized carbons (Fsp3) is 0.0667. The first-order valence-corrected chi connectivity index (χ1v) is 17.0. The van der Waals surface area contributed by atoms with E-state index in [0.717, 1.165) is 60.8 Å². The Morgan fingerprint density at radius 1 is 0.520 bits per heavy atom. The second-order valence-corrected chi connectivity index (χ2v) is 13.5. The smallest absolute Gasteiger partial charge is 0.160 e. The van der Waals surface area contributed by atoms with Crippen LogP contribution >= 0.6 is 0 Å². The van der Waals surface area contributed by atoms with Crippen molar-refractivity contribution < 1.29 is 0 Å². The molecule has 1 aliphatic carbocycles. The van der Waals surface area contributed by atoms with Crippen LogP contribution in [0.5, 0.6) is 0 Å². The molecule has 9 aromatic rings. The van der Waals surface area contributed by atoms with Crippen LogP contribution in [0, 0.1) is 0 Å². The molecule has 0 bridgehead atoms. The summed E-state index contributed by atoms with van der Waals surface area (Å²) in [6.45, 7) is 4.67. The summed E-state index contributed by atoms with van der Waals surface area (Å²) in [6.07, 6.45) is 3.95. The predicted molar refractivity (Wildman–Crippen MR) is 203 cm³/mol. The quantitative estimate of drug-likeness (QED) is 0.192. The molecule has 3 heterocycles. The Morgan fingerprint density at radius 2 is 1.20 bits per heavy atom. The van der Waals surface area contributed by atoms with Gasteiger partial charge in [-0.3, -0.25) is 0 Å². The van der Waals surface area contributed by atoms with Crippen molar-refractivity contribution in [2.75, 3.05) is 0 Å². The summed E-state index contributed by atoms with van der Waals surface area (Å²) in [6, 6.07) is 48.6. The van der Waals surface area contributed by atoms with Crippen LogP contribution in [0.4, 0.5) is 0 Å². The number of rotatable bonds is 4. The largest absolute Gasteiger partial charge is 0.303 e. The number of fused-ring (bicyclic) bond motifs is 8. The molecule has 0 unspecified atom stereocenters. The topological polar surface area (TPSA) is 56.5 Å². The molecule has 6 aromatic carbocycles. The van der Waals surface area contributed by atoms with Crippen molar-refractivity contribution in [3.8, 4) is 50.8 Å². The average molecular weight is 642 g/mol. The lowest BCUT2D eigenvalue weighted by molar-refractivity contribution is 0.666. The fourth-order valence-corrected chi connectivity index (χ4v) is 8.03. The van der Waals surface area contributed by atoms with E-state index >= 15 is 0 Å². The highest BCUT2D eigenvalue weighted by Gasteiger charge is 2.38. The third-order valence-electron chi connectivity index (χ3n) is 10.3. The van der Waals surface area contributed by atoms with Gasteiger partial charge in [0, 0.05) is 27.5 Å². The molecular formula is C45H31N5. The van der Waals surface area contributed by atoms with Gasteiger partial charge in [-0.05, 0) is 39.1 Å². The van der Waals surface area contributed by atoms with Crippen LogP contribution in [-0.2, 0) is 5.41 Å². The highest BCUT2D eigenvalue weighted by molar-refractivity contribution is 6.13. The lowest BCUT2D eigenvalue weighted by Gasteiger charge is -2.22. The third-order valence-corrected chi connectivity index (χ3v) is 10.3. The van der Waals surface area contributed by atoms with Gasteiger partial charge < -0.3 is 4.57 Å². The maximum absolute atomic E-state index is 5.47. The summed E-state index contributed by atoms with van der Waals surface area (Å²) < 4.78 is 2.27. The molecule has 236 valence electrons. The normalized spacial score (nSPS) is 13.2. The minimum Gasteiger partial charge on any atom is -0.303 e. The first kappa shape index (κ1) is 28.5. The Bertz CT molecular complexity index is 2780. The molecule has 5 nitrogen and oxygen atoms in total. The standard InChI is InChI=1S/C45H31N5/c1-45(2)35-23-12-11-21-32(35)33-24-25-36-39(40(33)45)42-38(27-47-44(49-42)34-22-13-19-28-14-9-10-20-31(28)34)50(36)37-26-46-43(30-17-7-4-8-18-30)48-41(37)29-15-5-3-6-16-29/h3-27H,1-2H3. The Labute approximate surface area is 289 Å². The molecule has 0 radical (unpaired) electrons. The Hall–Kier alpha value is -6.46. The SMILES string of the molecule is CC1(C)c2ccccc2-c2ccc3c(c21)c1nc(-c2cccc4ccccc24)ncc1n3-c1cnc(-c2ccccc2)nc1-c1ccccc1. The van der Waals surface area contributed by atoms with E-state index in [1.54, 1.807) is 0 Å². The van der Waals surface area contributed by atoms with Gasteiger partial charge in [-0.2, -0.15) is 0 Å². The van der Waals surface area contributed by atoms with Crippen molar-refractivity contribution in [2.45, 2.75) is 19.3 Å². The molecular weight excluding hydrogens is 611 g/mol. The lowest BCUT2D eigenvalue weighted by Crippen LogP contribution is -2.15. The zero-order chi connectivity index (χ0) is 33.4. The van der Waals surface area contributed by atoms with E-state index in [1.807, 2.05) is 36.7 Å². The van der Waals surface area contributed by atoms with Crippen LogP contribution < -0.4 is 0 Å². The molecule has 50 heavy (non-hydrogen) atoms. The molecule has 0 saturated carbocycles. The van der Waals surface area contributed by atoms with Crippen molar-refractivity contribution in [3.63, 3.8) is 0 Å². The molecule has 1 aliphatic rings. The van der Waals surface area contributed by atoms with E-state index in [1.165, 1.54) is 22.3 Å². The van der Waals surface area contributed by atoms with Gasteiger partial charge >= 0.3 is 0 Å². The predicted octanol–water partition coefficient (Wildman–Crippen LogP) is 10.8. The maximum Gasteiger partial charge on any atom is 0.160 e. The van der Waals surface area contributed by atoms with Gasteiger partial charge in [0.25, 0.3) is 0 Å². The number of benzene rings is 6. The Morgan fingerprint density at radius 3 is 2.04 bits per heavy atom. The van der Waals surface area contributed by atoms with Gasteiger partial charge in [0.1, 0.15) is 5.52 Å². The summed E-state index contributed by atoms with van der Waals surface area (Å²) in [4.78, 5) is 20.8. The average Bonchev–Trinajstić information content (AvgIpc) is 3.62. The molecule has 5 heteroatoms. The van der Waals surface area contributed by atoms with Crippen LogP contribution in [0.2, 0.25) is 0 Å². The summed E-state index contributed by atoms with van der Waals surface area (Å²) in [5.74, 6) is 1.39. The molecule has 0 N–H and O–H groups in total. The van der Waals surface area contributed by atoms with E-state index in [0.29, 0.717) is 11.6 Å². The van der Waals surface area contributed by atoms with Gasteiger partial charge in [0.15, 0.2) is 11.6 Å². The van der Waals surface area contributed by atoms with Crippen molar-refractivity contribution in [2.24, 2.45) is 0 Å². The van der Waals surface area contributed by atoms with Gasteiger partial charge in [-0.25, -0.2) is 19.9 Å². The van der Waals surface area contributed by atoms with Crippen LogP contribution in [0.25, 0.3) is 83.6 Å². The highest BCUT2D eigenvalue weighted by atomic mass is 15.1. The first-order chi connectivity index (χ1) is 24.6. The van der Waals surface area contributed by atoms with Crippen molar-refractivity contribution in [3.05, 3.63) is 163 Å². The molecule has 10 rings (SSSR count). The monoisotopic (exact) mass is 641 g/mol. The molecule has 0 saturated heterocycles. The van der Waals surface area contributed by atoms with Gasteiger partial charge in [0.05, 0.1) is 34.8 Å². The second-order valence-electron chi connectivity index (χ2n) is 13.5. The lowest BCUT2D eigenvalue weighted by atomic mass is 9.81. The van der Waals surface area contributed by atoms with E-state index in [9.17, 15) is 0 Å². The number of hydrogen-bond acceptors (Lipinski definition) is 4.